The molecule has 2 rings (SSSR count). The lowest BCUT2D eigenvalue weighted by Gasteiger charge is -2.32. The quantitative estimate of drug-likeness (QED) is 0.875. The summed E-state index contributed by atoms with van der Waals surface area (Å²) in [6.07, 6.45) is 3.59. The van der Waals surface area contributed by atoms with E-state index in [0.29, 0.717) is 5.75 Å². The fraction of sp³-hybridized carbons (Fsp3) is 0.500. The Balaban J connectivity index is 2.14. The highest BCUT2D eigenvalue weighted by Crippen LogP contribution is 2.28. The number of halogens is 1. The van der Waals surface area contributed by atoms with Gasteiger partial charge in [-0.15, -0.1) is 0 Å². The molecule has 2 N–H and O–H groups in total. The predicted molar refractivity (Wildman–Crippen MR) is 61.0 cm³/mol. The van der Waals surface area contributed by atoms with E-state index < -0.39 is 0 Å². The van der Waals surface area contributed by atoms with E-state index in [1.54, 1.807) is 13.2 Å². The first-order valence-corrected chi connectivity index (χ1v) is 5.64. The second-order valence-electron chi connectivity index (χ2n) is 3.91. The molecule has 1 aliphatic rings. The molecule has 1 heterocycles. The molecule has 0 aromatic carbocycles. The van der Waals surface area contributed by atoms with E-state index in [9.17, 15) is 4.79 Å². The number of hydrogen-bond acceptors (Lipinski definition) is 3. The van der Waals surface area contributed by atoms with Crippen molar-refractivity contribution in [3.8, 4) is 5.75 Å². The van der Waals surface area contributed by atoms with Crippen molar-refractivity contribution in [3.63, 3.8) is 0 Å². The number of nitrogens with zero attached hydrogens (tertiary/aromatic N) is 1. The third kappa shape index (κ3) is 2.23. The number of rotatable bonds is 2. The smallest absolute Gasteiger partial charge is 0.254 e. The molecule has 0 bridgehead atoms. The van der Waals surface area contributed by atoms with Crippen molar-refractivity contribution in [1.82, 2.24) is 4.57 Å². The van der Waals surface area contributed by atoms with Crippen LogP contribution >= 0.6 is 15.9 Å². The van der Waals surface area contributed by atoms with E-state index in [-0.39, 0.29) is 17.7 Å². The minimum Gasteiger partial charge on any atom is -0.489 e. The van der Waals surface area contributed by atoms with Gasteiger partial charge in [0.15, 0.2) is 0 Å². The lowest BCUT2D eigenvalue weighted by Crippen LogP contribution is -2.43. The molecule has 0 aliphatic heterocycles. The molecule has 0 atom stereocenters. The highest BCUT2D eigenvalue weighted by atomic mass is 79.9. The zero-order chi connectivity index (χ0) is 11.0. The maximum atomic E-state index is 11.4. The number of hydrogen-bond donors (Lipinski definition) is 1. The van der Waals surface area contributed by atoms with Crippen LogP contribution in [0.4, 0.5) is 0 Å². The standard InChI is InChI=1S/C10H13BrN2O2/c1-13-5-8(11)9(4-10(13)14)15-7-2-6(12)3-7/h4-7H,2-3,12H2,1H3/t6-,7-. The van der Waals surface area contributed by atoms with Gasteiger partial charge < -0.3 is 15.0 Å². The molecule has 1 aliphatic carbocycles. The Morgan fingerprint density at radius 1 is 1.60 bits per heavy atom. The molecule has 0 spiro atoms. The summed E-state index contributed by atoms with van der Waals surface area (Å²) in [7, 11) is 1.70. The third-order valence-electron chi connectivity index (χ3n) is 2.57. The largest absolute Gasteiger partial charge is 0.489 e. The van der Waals surface area contributed by atoms with Crippen LogP contribution in [-0.2, 0) is 7.05 Å². The Morgan fingerprint density at radius 2 is 2.27 bits per heavy atom. The summed E-state index contributed by atoms with van der Waals surface area (Å²) >= 11 is 3.36. The second-order valence-corrected chi connectivity index (χ2v) is 4.76. The molecule has 0 unspecified atom stereocenters. The van der Waals surface area contributed by atoms with Gasteiger partial charge in [-0.2, -0.15) is 0 Å². The van der Waals surface area contributed by atoms with Gasteiger partial charge in [0.2, 0.25) is 0 Å². The summed E-state index contributed by atoms with van der Waals surface area (Å²) in [5.74, 6) is 0.606. The van der Waals surface area contributed by atoms with Crippen LogP contribution in [-0.4, -0.2) is 16.7 Å². The van der Waals surface area contributed by atoms with Gasteiger partial charge in [0, 0.05) is 25.4 Å². The first-order valence-electron chi connectivity index (χ1n) is 4.84. The van der Waals surface area contributed by atoms with Crippen LogP contribution in [0.2, 0.25) is 0 Å². The summed E-state index contributed by atoms with van der Waals surface area (Å²) < 4.78 is 7.95. The van der Waals surface area contributed by atoms with Gasteiger partial charge in [-0.05, 0) is 28.8 Å². The van der Waals surface area contributed by atoms with E-state index in [1.165, 1.54) is 10.6 Å². The van der Waals surface area contributed by atoms with Crippen LogP contribution in [0.3, 0.4) is 0 Å². The summed E-state index contributed by atoms with van der Waals surface area (Å²) in [5.41, 5.74) is 5.58. The minimum absolute atomic E-state index is 0.0724. The molecular formula is C10H13BrN2O2. The minimum atomic E-state index is -0.0724. The number of aromatic nitrogens is 1. The molecule has 1 fully saturated rings. The van der Waals surface area contributed by atoms with Crippen LogP contribution in [0.1, 0.15) is 12.8 Å². The normalized spacial score (nSPS) is 24.7. The topological polar surface area (TPSA) is 57.2 Å². The van der Waals surface area contributed by atoms with E-state index in [0.717, 1.165) is 17.3 Å². The lowest BCUT2D eigenvalue weighted by molar-refractivity contribution is 0.0997. The van der Waals surface area contributed by atoms with Crippen molar-refractivity contribution < 1.29 is 4.74 Å². The monoisotopic (exact) mass is 272 g/mol. The maximum absolute atomic E-state index is 11.4. The summed E-state index contributed by atoms with van der Waals surface area (Å²) in [4.78, 5) is 11.4. The van der Waals surface area contributed by atoms with Crippen LogP contribution in [0.25, 0.3) is 0 Å². The first kappa shape index (κ1) is 10.7. The van der Waals surface area contributed by atoms with E-state index >= 15 is 0 Å². The van der Waals surface area contributed by atoms with Gasteiger partial charge in [0.1, 0.15) is 11.9 Å². The van der Waals surface area contributed by atoms with Crippen LogP contribution in [0, 0.1) is 0 Å². The highest BCUT2D eigenvalue weighted by Gasteiger charge is 2.28. The molecule has 5 heteroatoms. The Labute approximate surface area is 96.2 Å². The molecule has 82 valence electrons. The molecule has 4 nitrogen and oxygen atoms in total. The first-order chi connectivity index (χ1) is 7.06. The van der Waals surface area contributed by atoms with E-state index in [2.05, 4.69) is 15.9 Å². The number of pyridine rings is 1. The SMILES string of the molecule is Cn1cc(Br)c(O[C@H]2C[C@H](N)C2)cc1=O. The van der Waals surface area contributed by atoms with Crippen LogP contribution in [0.15, 0.2) is 21.5 Å². The molecule has 1 saturated carbocycles. The predicted octanol–water partition coefficient (Wildman–Crippen LogP) is 1.02. The van der Waals surface area contributed by atoms with Gasteiger partial charge >= 0.3 is 0 Å². The zero-order valence-electron chi connectivity index (χ0n) is 8.44. The Kier molecular flexibility index (Phi) is 2.84. The summed E-state index contributed by atoms with van der Waals surface area (Å²) in [5, 5.41) is 0. The molecule has 1 aromatic rings. The maximum Gasteiger partial charge on any atom is 0.254 e. The molecule has 0 saturated heterocycles. The fourth-order valence-electron chi connectivity index (χ4n) is 1.55. The van der Waals surface area contributed by atoms with Gasteiger partial charge in [-0.3, -0.25) is 4.79 Å². The average Bonchev–Trinajstić information content (AvgIpc) is 2.11. The van der Waals surface area contributed by atoms with Gasteiger partial charge in [0.25, 0.3) is 5.56 Å². The Bertz CT molecular complexity index is 424. The van der Waals surface area contributed by atoms with Gasteiger partial charge in [0.05, 0.1) is 4.47 Å². The lowest BCUT2D eigenvalue weighted by atomic mass is 9.90. The van der Waals surface area contributed by atoms with Crippen LogP contribution < -0.4 is 16.0 Å². The summed E-state index contributed by atoms with van der Waals surface area (Å²) in [6, 6.07) is 1.74. The van der Waals surface area contributed by atoms with Crippen molar-refractivity contribution in [3.05, 3.63) is 27.1 Å². The highest BCUT2D eigenvalue weighted by molar-refractivity contribution is 9.10. The van der Waals surface area contributed by atoms with Crippen molar-refractivity contribution in [1.29, 1.82) is 0 Å². The zero-order valence-corrected chi connectivity index (χ0v) is 10.0. The van der Waals surface area contributed by atoms with Crippen molar-refractivity contribution in [2.75, 3.05) is 0 Å². The van der Waals surface area contributed by atoms with Crippen LogP contribution in [0.5, 0.6) is 5.75 Å². The molecule has 0 radical (unpaired) electrons. The van der Waals surface area contributed by atoms with E-state index in [4.69, 9.17) is 10.5 Å². The van der Waals surface area contributed by atoms with Gasteiger partial charge in [-0.1, -0.05) is 0 Å². The van der Waals surface area contributed by atoms with Crippen molar-refractivity contribution in [2.45, 2.75) is 25.0 Å². The fourth-order valence-corrected chi connectivity index (χ4v) is 2.07. The van der Waals surface area contributed by atoms with Crippen molar-refractivity contribution >= 4 is 15.9 Å². The molecule has 0 amide bonds. The van der Waals surface area contributed by atoms with E-state index in [1.807, 2.05) is 0 Å². The van der Waals surface area contributed by atoms with Gasteiger partial charge in [-0.25, -0.2) is 0 Å². The third-order valence-corrected chi connectivity index (χ3v) is 3.17. The molecule has 15 heavy (non-hydrogen) atoms. The second kappa shape index (κ2) is 3.98. The number of nitrogens with two attached hydrogens (primary N) is 1. The Morgan fingerprint density at radius 3 is 2.87 bits per heavy atom. The summed E-state index contributed by atoms with van der Waals surface area (Å²) in [6.45, 7) is 0. The molecular weight excluding hydrogens is 260 g/mol. The number of aryl methyl sites for hydroxylation is 1. The molecule has 1 aromatic heterocycles. The number of ether oxygens (including phenoxy) is 1. The average molecular weight is 273 g/mol. The Hall–Kier alpha value is -0.810. The van der Waals surface area contributed by atoms with Crippen molar-refractivity contribution in [2.24, 2.45) is 12.8 Å².